The SMILES string of the molecule is O=C1NCCC(O)C1C(=O)NNC1CCC1. The average Bonchev–Trinajstić information content (AvgIpc) is 2.15. The smallest absolute Gasteiger partial charge is 0.249 e. The summed E-state index contributed by atoms with van der Waals surface area (Å²) in [4.78, 5) is 23.1. The lowest BCUT2D eigenvalue weighted by molar-refractivity contribution is -0.143. The van der Waals surface area contributed by atoms with Crippen LogP contribution in [0.25, 0.3) is 0 Å². The Balaban J connectivity index is 1.83. The van der Waals surface area contributed by atoms with E-state index in [2.05, 4.69) is 16.2 Å². The van der Waals surface area contributed by atoms with Crippen LogP contribution in [0, 0.1) is 5.92 Å². The lowest BCUT2D eigenvalue weighted by atomic mass is 9.93. The summed E-state index contributed by atoms with van der Waals surface area (Å²) in [6, 6.07) is 0.313. The second kappa shape index (κ2) is 4.80. The van der Waals surface area contributed by atoms with Crippen molar-refractivity contribution < 1.29 is 14.7 Å². The van der Waals surface area contributed by atoms with Crippen LogP contribution in [-0.2, 0) is 9.59 Å². The van der Waals surface area contributed by atoms with Crippen LogP contribution in [0.5, 0.6) is 0 Å². The van der Waals surface area contributed by atoms with Gasteiger partial charge >= 0.3 is 0 Å². The third-order valence-electron chi connectivity index (χ3n) is 3.19. The Morgan fingerprint density at radius 2 is 2.12 bits per heavy atom. The van der Waals surface area contributed by atoms with Crippen molar-refractivity contribution in [3.8, 4) is 0 Å². The van der Waals surface area contributed by atoms with Gasteiger partial charge in [-0.2, -0.15) is 0 Å². The quantitative estimate of drug-likeness (QED) is 0.355. The van der Waals surface area contributed by atoms with E-state index in [0.717, 1.165) is 12.8 Å². The van der Waals surface area contributed by atoms with Crippen molar-refractivity contribution in [3.63, 3.8) is 0 Å². The van der Waals surface area contributed by atoms with Gasteiger partial charge in [0.1, 0.15) is 5.92 Å². The number of piperidine rings is 1. The summed E-state index contributed by atoms with van der Waals surface area (Å²) in [5.74, 6) is -1.83. The molecule has 0 aromatic rings. The molecule has 2 atom stereocenters. The average molecular weight is 227 g/mol. The Hall–Kier alpha value is -1.14. The number of rotatable bonds is 3. The van der Waals surface area contributed by atoms with Crippen molar-refractivity contribution in [3.05, 3.63) is 0 Å². The predicted octanol–water partition coefficient (Wildman–Crippen LogP) is -1.34. The summed E-state index contributed by atoms with van der Waals surface area (Å²) in [5.41, 5.74) is 5.37. The zero-order valence-corrected chi connectivity index (χ0v) is 9.03. The van der Waals surface area contributed by atoms with E-state index in [1.54, 1.807) is 0 Å². The fraction of sp³-hybridized carbons (Fsp3) is 0.800. The molecule has 0 aromatic heterocycles. The molecule has 6 nitrogen and oxygen atoms in total. The summed E-state index contributed by atoms with van der Waals surface area (Å²) >= 11 is 0. The summed E-state index contributed by atoms with van der Waals surface area (Å²) in [5, 5.41) is 12.2. The zero-order valence-electron chi connectivity index (χ0n) is 9.03. The fourth-order valence-electron chi connectivity index (χ4n) is 1.89. The van der Waals surface area contributed by atoms with E-state index in [1.807, 2.05) is 0 Å². The third-order valence-corrected chi connectivity index (χ3v) is 3.19. The molecular formula is C10H17N3O3. The molecule has 2 rings (SSSR count). The van der Waals surface area contributed by atoms with Gasteiger partial charge < -0.3 is 10.4 Å². The van der Waals surface area contributed by atoms with Gasteiger partial charge in [-0.3, -0.25) is 15.0 Å². The summed E-state index contributed by atoms with van der Waals surface area (Å²) in [7, 11) is 0. The topological polar surface area (TPSA) is 90.5 Å². The number of nitrogens with one attached hydrogen (secondary N) is 3. The number of hydrogen-bond acceptors (Lipinski definition) is 4. The first kappa shape index (κ1) is 11.3. The lowest BCUT2D eigenvalue weighted by Crippen LogP contribution is -2.56. The van der Waals surface area contributed by atoms with E-state index in [1.165, 1.54) is 6.42 Å². The zero-order chi connectivity index (χ0) is 11.5. The minimum Gasteiger partial charge on any atom is -0.392 e. The maximum Gasteiger partial charge on any atom is 0.249 e. The van der Waals surface area contributed by atoms with Crippen LogP contribution < -0.4 is 16.2 Å². The van der Waals surface area contributed by atoms with Crippen molar-refractivity contribution in [2.45, 2.75) is 37.8 Å². The van der Waals surface area contributed by atoms with Crippen molar-refractivity contribution in [2.75, 3.05) is 6.54 Å². The Bertz CT molecular complexity index is 291. The Kier molecular flexibility index (Phi) is 3.40. The van der Waals surface area contributed by atoms with Crippen molar-refractivity contribution in [1.29, 1.82) is 0 Å². The molecule has 1 aliphatic carbocycles. The molecule has 1 aliphatic heterocycles. The highest BCUT2D eigenvalue weighted by Gasteiger charge is 2.36. The highest BCUT2D eigenvalue weighted by Crippen LogP contribution is 2.17. The minimum atomic E-state index is -0.985. The first-order valence-electron chi connectivity index (χ1n) is 5.69. The Morgan fingerprint density at radius 1 is 1.38 bits per heavy atom. The molecule has 0 aromatic carbocycles. The Labute approximate surface area is 93.7 Å². The van der Waals surface area contributed by atoms with E-state index in [9.17, 15) is 14.7 Å². The predicted molar refractivity (Wildman–Crippen MR) is 56.0 cm³/mol. The van der Waals surface area contributed by atoms with Gasteiger partial charge in [0.25, 0.3) is 0 Å². The van der Waals surface area contributed by atoms with Crippen LogP contribution >= 0.6 is 0 Å². The monoisotopic (exact) mass is 227 g/mol. The number of hydrazine groups is 1. The molecular weight excluding hydrogens is 210 g/mol. The highest BCUT2D eigenvalue weighted by atomic mass is 16.3. The Morgan fingerprint density at radius 3 is 2.69 bits per heavy atom. The molecule has 6 heteroatoms. The van der Waals surface area contributed by atoms with Crippen molar-refractivity contribution in [2.24, 2.45) is 5.92 Å². The van der Waals surface area contributed by atoms with Gasteiger partial charge in [-0.25, -0.2) is 5.43 Å². The molecule has 0 bridgehead atoms. The fourth-order valence-corrected chi connectivity index (χ4v) is 1.89. The lowest BCUT2D eigenvalue weighted by Gasteiger charge is -2.30. The van der Waals surface area contributed by atoms with Crippen LogP contribution in [0.3, 0.4) is 0 Å². The van der Waals surface area contributed by atoms with Crippen LogP contribution in [0.15, 0.2) is 0 Å². The highest BCUT2D eigenvalue weighted by molar-refractivity contribution is 6.01. The van der Waals surface area contributed by atoms with E-state index < -0.39 is 23.8 Å². The number of amides is 2. The van der Waals surface area contributed by atoms with Crippen LogP contribution in [0.4, 0.5) is 0 Å². The molecule has 0 radical (unpaired) electrons. The minimum absolute atomic E-state index is 0.313. The second-order valence-corrected chi connectivity index (χ2v) is 4.39. The van der Waals surface area contributed by atoms with E-state index in [0.29, 0.717) is 19.0 Å². The molecule has 16 heavy (non-hydrogen) atoms. The second-order valence-electron chi connectivity index (χ2n) is 4.39. The van der Waals surface area contributed by atoms with Gasteiger partial charge in [0.15, 0.2) is 0 Å². The van der Waals surface area contributed by atoms with E-state index in [-0.39, 0.29) is 0 Å². The van der Waals surface area contributed by atoms with Gasteiger partial charge in [0.2, 0.25) is 11.8 Å². The molecule has 1 heterocycles. The largest absolute Gasteiger partial charge is 0.392 e. The standard InChI is InChI=1S/C10H17N3O3/c14-7-4-5-11-9(15)8(7)10(16)13-12-6-2-1-3-6/h6-8,12,14H,1-5H2,(H,11,15)(H,13,16). The number of aliphatic hydroxyl groups excluding tert-OH is 1. The van der Waals surface area contributed by atoms with Gasteiger partial charge in [-0.15, -0.1) is 0 Å². The summed E-state index contributed by atoms with van der Waals surface area (Å²) in [6.45, 7) is 0.430. The molecule has 2 unspecified atom stereocenters. The van der Waals surface area contributed by atoms with Gasteiger partial charge in [-0.05, 0) is 19.3 Å². The molecule has 2 aliphatic rings. The van der Waals surface area contributed by atoms with E-state index >= 15 is 0 Å². The molecule has 2 amide bonds. The van der Waals surface area contributed by atoms with Crippen LogP contribution in [0.1, 0.15) is 25.7 Å². The third kappa shape index (κ3) is 2.33. The number of hydrogen-bond donors (Lipinski definition) is 4. The number of aliphatic hydroxyl groups is 1. The summed E-state index contributed by atoms with van der Waals surface area (Å²) < 4.78 is 0. The first-order valence-corrected chi connectivity index (χ1v) is 5.69. The number of carbonyl (C=O) groups is 2. The van der Waals surface area contributed by atoms with Crippen molar-refractivity contribution in [1.82, 2.24) is 16.2 Å². The van der Waals surface area contributed by atoms with Gasteiger partial charge in [0.05, 0.1) is 6.10 Å². The normalized spacial score (nSPS) is 30.4. The molecule has 4 N–H and O–H groups in total. The van der Waals surface area contributed by atoms with Crippen LogP contribution in [0.2, 0.25) is 0 Å². The first-order chi connectivity index (χ1) is 7.68. The molecule has 1 saturated carbocycles. The molecule has 1 saturated heterocycles. The molecule has 90 valence electrons. The van der Waals surface area contributed by atoms with Crippen molar-refractivity contribution >= 4 is 11.8 Å². The van der Waals surface area contributed by atoms with Crippen LogP contribution in [-0.4, -0.2) is 35.6 Å². The molecule has 2 fully saturated rings. The maximum atomic E-state index is 11.7. The molecule has 0 spiro atoms. The maximum absolute atomic E-state index is 11.7. The number of carbonyl (C=O) groups excluding carboxylic acids is 2. The van der Waals surface area contributed by atoms with Gasteiger partial charge in [-0.1, -0.05) is 6.42 Å². The van der Waals surface area contributed by atoms with Gasteiger partial charge in [0, 0.05) is 12.6 Å². The summed E-state index contributed by atoms with van der Waals surface area (Å²) in [6.07, 6.45) is 2.80. The van der Waals surface area contributed by atoms with E-state index in [4.69, 9.17) is 0 Å².